The van der Waals surface area contributed by atoms with Gasteiger partial charge in [-0.3, -0.25) is 9.59 Å². The van der Waals surface area contributed by atoms with Crippen LogP contribution in [0.2, 0.25) is 0 Å². The third-order valence-electron chi connectivity index (χ3n) is 5.36. The Kier molecular flexibility index (Phi) is 6.80. The molecule has 33 heavy (non-hydrogen) atoms. The molecule has 0 saturated carbocycles. The van der Waals surface area contributed by atoms with Crippen molar-refractivity contribution in [2.24, 2.45) is 0 Å². The van der Waals surface area contributed by atoms with Gasteiger partial charge in [-0.25, -0.2) is 14.8 Å². The van der Waals surface area contributed by atoms with E-state index in [4.69, 9.17) is 9.47 Å². The summed E-state index contributed by atoms with van der Waals surface area (Å²) in [5.74, 6) is -0.836. The summed E-state index contributed by atoms with van der Waals surface area (Å²) in [5.41, 5.74) is 0.760. The minimum absolute atomic E-state index is 0.0560. The lowest BCUT2D eigenvalue weighted by Crippen LogP contribution is -2.51. The van der Waals surface area contributed by atoms with Crippen molar-refractivity contribution in [1.29, 1.82) is 0 Å². The third kappa shape index (κ3) is 5.01. The molecule has 1 aliphatic rings. The zero-order valence-electron chi connectivity index (χ0n) is 20.0. The van der Waals surface area contributed by atoms with E-state index in [2.05, 4.69) is 9.97 Å². The summed E-state index contributed by atoms with van der Waals surface area (Å²) in [7, 11) is 1.44. The van der Waals surface area contributed by atoms with Crippen LogP contribution >= 0.6 is 0 Å². The summed E-state index contributed by atoms with van der Waals surface area (Å²) in [5, 5.41) is 9.53. The van der Waals surface area contributed by atoms with Crippen molar-refractivity contribution in [2.45, 2.75) is 53.2 Å². The number of fused-ring (bicyclic) bond motifs is 1. The molecule has 1 aliphatic heterocycles. The molecule has 0 radical (unpaired) electrons. The molecule has 0 aromatic carbocycles. The number of ether oxygens (including phenoxy) is 2. The average molecular weight is 462 g/mol. The van der Waals surface area contributed by atoms with Gasteiger partial charge in [0.2, 0.25) is 11.3 Å². The molecule has 0 bridgehead atoms. The fourth-order valence-corrected chi connectivity index (χ4v) is 3.95. The third-order valence-corrected chi connectivity index (χ3v) is 5.36. The summed E-state index contributed by atoms with van der Waals surface area (Å²) in [6.07, 6.45) is 0.0260. The molecule has 2 aromatic heterocycles. The number of hydrogen-bond acceptors (Lipinski definition) is 8. The topological polar surface area (TPSA) is 127 Å². The molecular weight excluding hydrogens is 430 g/mol. The molecule has 0 aliphatic carbocycles. The van der Waals surface area contributed by atoms with Crippen LogP contribution in [0.4, 0.5) is 10.5 Å². The lowest BCUT2D eigenvalue weighted by Gasteiger charge is -2.37. The highest BCUT2D eigenvalue weighted by Crippen LogP contribution is 2.25. The zero-order valence-corrected chi connectivity index (χ0v) is 20.0. The van der Waals surface area contributed by atoms with E-state index < -0.39 is 17.7 Å². The molecule has 1 saturated heterocycles. The number of aryl methyl sites for hydroxylation is 1. The highest BCUT2D eigenvalue weighted by Gasteiger charge is 2.30. The minimum atomic E-state index is -1.05. The van der Waals surface area contributed by atoms with Crippen molar-refractivity contribution < 1.29 is 24.2 Å². The number of anilines is 1. The molecule has 1 N–H and O–H groups in total. The Morgan fingerprint density at radius 1 is 1.12 bits per heavy atom. The highest BCUT2D eigenvalue weighted by atomic mass is 16.6. The van der Waals surface area contributed by atoms with E-state index in [1.807, 2.05) is 32.6 Å². The van der Waals surface area contributed by atoms with Gasteiger partial charge >= 0.3 is 12.1 Å². The average Bonchev–Trinajstić information content (AvgIpc) is 2.73. The first-order chi connectivity index (χ1) is 15.5. The van der Waals surface area contributed by atoms with Gasteiger partial charge in [-0.2, -0.15) is 0 Å². The zero-order chi connectivity index (χ0) is 24.5. The predicted molar refractivity (Wildman–Crippen MR) is 122 cm³/mol. The summed E-state index contributed by atoms with van der Waals surface area (Å²) >= 11 is 0. The summed E-state index contributed by atoms with van der Waals surface area (Å²) in [4.78, 5) is 49.9. The number of methoxy groups -OCH3 is 1. The fraction of sp³-hybridized carbons (Fsp3) is 0.591. The normalized spacial score (nSPS) is 14.5. The van der Waals surface area contributed by atoms with Crippen LogP contribution in [0, 0.1) is 6.92 Å². The first kappa shape index (κ1) is 24.3. The van der Waals surface area contributed by atoms with E-state index in [9.17, 15) is 19.5 Å². The van der Waals surface area contributed by atoms with Crippen molar-refractivity contribution in [1.82, 2.24) is 19.4 Å². The van der Waals surface area contributed by atoms with Gasteiger partial charge in [0.25, 0.3) is 0 Å². The van der Waals surface area contributed by atoms with Crippen molar-refractivity contribution in [3.05, 3.63) is 21.6 Å². The summed E-state index contributed by atoms with van der Waals surface area (Å²) in [6.45, 7) is 10.2. The standard InChI is InChI=1S/C22H31N5O6/c1-7-14-17(25-8-10-26(11-9-25)21(31)33-22(3,4)5)18(30)16-19(27(14)12-15(28)29)23-13(2)20(24-16)32-6/h7-12H2,1-6H3,(H,28,29). The Labute approximate surface area is 191 Å². The molecule has 0 atom stereocenters. The SMILES string of the molecule is CCc1c(N2CCN(C(=O)OC(C)(C)C)CC2)c(=O)c2nc(OC)c(C)nc2n1CC(=O)O. The second-order valence-corrected chi connectivity index (χ2v) is 8.90. The number of pyridine rings is 1. The second kappa shape index (κ2) is 9.24. The number of carboxylic acid groups (broad SMARTS) is 1. The van der Waals surface area contributed by atoms with E-state index >= 15 is 0 Å². The molecule has 1 fully saturated rings. The molecule has 3 heterocycles. The Balaban J connectivity index is 2.07. The summed E-state index contributed by atoms with van der Waals surface area (Å²) in [6, 6.07) is 0. The number of aromatic nitrogens is 3. The van der Waals surface area contributed by atoms with Crippen LogP contribution in [0.5, 0.6) is 5.88 Å². The smallest absolute Gasteiger partial charge is 0.410 e. The first-order valence-electron chi connectivity index (χ1n) is 10.9. The van der Waals surface area contributed by atoms with Crippen molar-refractivity contribution >= 4 is 28.9 Å². The Bertz CT molecular complexity index is 1130. The molecule has 1 amide bonds. The van der Waals surface area contributed by atoms with Crippen molar-refractivity contribution in [3.63, 3.8) is 0 Å². The Morgan fingerprint density at radius 2 is 1.76 bits per heavy atom. The maximum absolute atomic E-state index is 13.6. The Hall–Kier alpha value is -3.37. The van der Waals surface area contributed by atoms with E-state index in [0.717, 1.165) is 0 Å². The van der Waals surface area contributed by atoms with Gasteiger partial charge in [0, 0.05) is 31.9 Å². The molecule has 0 spiro atoms. The largest absolute Gasteiger partial charge is 0.480 e. The van der Waals surface area contributed by atoms with Crippen LogP contribution in [-0.2, 0) is 22.5 Å². The van der Waals surface area contributed by atoms with Gasteiger partial charge < -0.3 is 28.9 Å². The van der Waals surface area contributed by atoms with Crippen LogP contribution in [0.3, 0.4) is 0 Å². The second-order valence-electron chi connectivity index (χ2n) is 8.90. The maximum Gasteiger partial charge on any atom is 0.410 e. The van der Waals surface area contributed by atoms with Crippen molar-refractivity contribution in [3.8, 4) is 5.88 Å². The van der Waals surface area contributed by atoms with Crippen LogP contribution in [-0.4, -0.2) is 75.5 Å². The first-order valence-corrected chi connectivity index (χ1v) is 10.9. The number of aliphatic carboxylic acids is 1. The number of piperazine rings is 1. The number of hydrogen-bond donors (Lipinski definition) is 1. The molecular formula is C22H31N5O6. The number of carbonyl (C=O) groups excluding carboxylic acids is 1. The van der Waals surface area contributed by atoms with Gasteiger partial charge in [-0.05, 0) is 34.1 Å². The number of amides is 1. The van der Waals surface area contributed by atoms with E-state index in [1.54, 1.807) is 11.8 Å². The van der Waals surface area contributed by atoms with Gasteiger partial charge in [0.05, 0.1) is 7.11 Å². The molecule has 2 aromatic rings. The fourth-order valence-electron chi connectivity index (χ4n) is 3.95. The molecule has 0 unspecified atom stereocenters. The van der Waals surface area contributed by atoms with Gasteiger partial charge in [0.1, 0.15) is 23.5 Å². The Morgan fingerprint density at radius 3 is 2.27 bits per heavy atom. The number of carbonyl (C=O) groups is 2. The number of nitrogens with zero attached hydrogens (tertiary/aromatic N) is 5. The molecule has 3 rings (SSSR count). The monoisotopic (exact) mass is 461 g/mol. The number of carboxylic acids is 1. The van der Waals surface area contributed by atoms with E-state index in [0.29, 0.717) is 49.7 Å². The minimum Gasteiger partial charge on any atom is -0.480 e. The van der Waals surface area contributed by atoms with Gasteiger partial charge in [-0.15, -0.1) is 0 Å². The quantitative estimate of drug-likeness (QED) is 0.709. The van der Waals surface area contributed by atoms with Crippen LogP contribution < -0.4 is 15.1 Å². The molecule has 11 nitrogen and oxygen atoms in total. The maximum atomic E-state index is 13.6. The van der Waals surface area contributed by atoms with E-state index in [1.165, 1.54) is 11.7 Å². The molecule has 11 heteroatoms. The highest BCUT2D eigenvalue weighted by molar-refractivity contribution is 5.80. The lowest BCUT2D eigenvalue weighted by atomic mass is 10.1. The van der Waals surface area contributed by atoms with Crippen molar-refractivity contribution in [2.75, 3.05) is 38.2 Å². The van der Waals surface area contributed by atoms with Gasteiger partial charge in [-0.1, -0.05) is 6.92 Å². The van der Waals surface area contributed by atoms with Gasteiger partial charge in [0.15, 0.2) is 11.2 Å². The van der Waals surface area contributed by atoms with Crippen LogP contribution in [0.1, 0.15) is 39.1 Å². The predicted octanol–water partition coefficient (Wildman–Crippen LogP) is 1.81. The van der Waals surface area contributed by atoms with Crippen LogP contribution in [0.25, 0.3) is 11.2 Å². The lowest BCUT2D eigenvalue weighted by molar-refractivity contribution is -0.137. The summed E-state index contributed by atoms with van der Waals surface area (Å²) < 4.78 is 12.2. The molecule has 180 valence electrons. The number of rotatable bonds is 5. The van der Waals surface area contributed by atoms with Crippen LogP contribution in [0.15, 0.2) is 4.79 Å². The van der Waals surface area contributed by atoms with E-state index in [-0.39, 0.29) is 29.0 Å².